The van der Waals surface area contributed by atoms with E-state index < -0.39 is 13.9 Å². The molecule has 210 valence electrons. The molecule has 0 aromatic carbocycles. The van der Waals surface area contributed by atoms with Crippen LogP contribution in [0.2, 0.25) is 18.1 Å². The van der Waals surface area contributed by atoms with Gasteiger partial charge in [0, 0.05) is 24.2 Å². The highest BCUT2D eigenvalue weighted by Crippen LogP contribution is 2.65. The lowest BCUT2D eigenvalue weighted by atomic mass is 9.50. The van der Waals surface area contributed by atoms with Gasteiger partial charge in [-0.25, -0.2) is 0 Å². The van der Waals surface area contributed by atoms with Crippen molar-refractivity contribution in [3.05, 3.63) is 23.3 Å². The van der Waals surface area contributed by atoms with Crippen LogP contribution in [0.4, 0.5) is 0 Å². The van der Waals surface area contributed by atoms with Gasteiger partial charge in [-0.3, -0.25) is 4.79 Å². The lowest BCUT2D eigenvalue weighted by Gasteiger charge is -2.54. The zero-order valence-corrected chi connectivity index (χ0v) is 27.0. The zero-order chi connectivity index (χ0) is 27.4. The lowest BCUT2D eigenvalue weighted by molar-refractivity contribution is -0.122. The minimum absolute atomic E-state index is 0.00102. The number of thioether (sulfide) groups is 1. The number of hydrogen-bond donors (Lipinski definition) is 1. The number of aliphatic hydroxyl groups is 1. The van der Waals surface area contributed by atoms with Crippen molar-refractivity contribution in [3.63, 3.8) is 0 Å². The Balaban J connectivity index is 1.61. The first-order valence-electron chi connectivity index (χ1n) is 14.9. The predicted molar refractivity (Wildman–Crippen MR) is 160 cm³/mol. The van der Waals surface area contributed by atoms with Gasteiger partial charge >= 0.3 is 0 Å². The zero-order valence-electron chi connectivity index (χ0n) is 25.2. The van der Waals surface area contributed by atoms with Crippen molar-refractivity contribution in [2.24, 2.45) is 28.6 Å². The molecule has 5 heteroatoms. The summed E-state index contributed by atoms with van der Waals surface area (Å²) in [4.78, 5) is 14.0. The van der Waals surface area contributed by atoms with E-state index >= 15 is 0 Å². The van der Waals surface area contributed by atoms with Crippen LogP contribution in [0, 0.1) is 28.6 Å². The third kappa shape index (κ3) is 5.63. The number of Topliss-reactive ketones (excluding diaryl/α,β-unsaturated/α-hetero) is 1. The molecule has 3 fully saturated rings. The number of rotatable bonds is 8. The Hall–Kier alpha value is -0.363. The number of hydrogen-bond acceptors (Lipinski definition) is 4. The average Bonchev–Trinajstić information content (AvgIpc) is 3.04. The monoisotopic (exact) mass is 546 g/mol. The topological polar surface area (TPSA) is 46.5 Å². The van der Waals surface area contributed by atoms with Crippen molar-refractivity contribution >= 4 is 25.9 Å². The van der Waals surface area contributed by atoms with Crippen LogP contribution in [0.1, 0.15) is 99.8 Å². The van der Waals surface area contributed by atoms with Gasteiger partial charge < -0.3 is 9.53 Å². The highest BCUT2D eigenvalue weighted by atomic mass is 32.2. The van der Waals surface area contributed by atoms with Crippen LogP contribution in [0.25, 0.3) is 0 Å². The Morgan fingerprint density at radius 3 is 2.46 bits per heavy atom. The molecule has 0 saturated heterocycles. The van der Waals surface area contributed by atoms with E-state index in [4.69, 9.17) is 4.43 Å². The van der Waals surface area contributed by atoms with Gasteiger partial charge in [-0.2, -0.15) is 11.8 Å². The van der Waals surface area contributed by atoms with E-state index in [9.17, 15) is 9.90 Å². The molecule has 4 rings (SSSR count). The summed E-state index contributed by atoms with van der Waals surface area (Å²) >= 11 is 1.89. The fraction of sp³-hybridized carbons (Fsp3) is 0.844. The van der Waals surface area contributed by atoms with Crippen LogP contribution in [0.15, 0.2) is 23.3 Å². The van der Waals surface area contributed by atoms with E-state index in [2.05, 4.69) is 59.9 Å². The van der Waals surface area contributed by atoms with Crippen molar-refractivity contribution < 1.29 is 14.3 Å². The molecule has 0 aromatic rings. The molecule has 0 amide bonds. The molecule has 0 spiro atoms. The third-order valence-corrected chi connectivity index (χ3v) is 17.0. The number of allylic oxidation sites excluding steroid dienone is 4. The number of carbonyl (C=O) groups excluding carboxylic acids is 1. The number of ketones is 1. The fourth-order valence-corrected chi connectivity index (χ4v) is 10.6. The van der Waals surface area contributed by atoms with Crippen molar-refractivity contribution in [2.75, 3.05) is 12.4 Å². The first-order chi connectivity index (χ1) is 17.0. The molecule has 0 aromatic heterocycles. The molecule has 0 bridgehead atoms. The molecule has 4 aliphatic rings. The minimum atomic E-state index is -1.94. The van der Waals surface area contributed by atoms with Crippen LogP contribution in [-0.4, -0.2) is 42.4 Å². The van der Waals surface area contributed by atoms with E-state index in [1.54, 1.807) is 11.1 Å². The predicted octanol–water partition coefficient (Wildman–Crippen LogP) is 8.34. The highest BCUT2D eigenvalue weighted by molar-refractivity contribution is 7.99. The largest absolute Gasteiger partial charge is 0.416 e. The van der Waals surface area contributed by atoms with Crippen molar-refractivity contribution in [2.45, 2.75) is 129 Å². The normalized spacial score (nSPS) is 35.3. The summed E-state index contributed by atoms with van der Waals surface area (Å²) in [6, 6.07) is 0. The van der Waals surface area contributed by atoms with Crippen LogP contribution >= 0.6 is 11.8 Å². The first kappa shape index (κ1) is 29.6. The number of carbonyl (C=O) groups is 1. The van der Waals surface area contributed by atoms with Gasteiger partial charge in [-0.05, 0) is 98.9 Å². The van der Waals surface area contributed by atoms with Crippen LogP contribution in [0.5, 0.6) is 0 Å². The summed E-state index contributed by atoms with van der Waals surface area (Å²) < 4.78 is 6.80. The Morgan fingerprint density at radius 1 is 1.11 bits per heavy atom. The summed E-state index contributed by atoms with van der Waals surface area (Å²) in [6.45, 7) is 20.9. The van der Waals surface area contributed by atoms with E-state index in [0.717, 1.165) is 18.6 Å². The maximum absolute atomic E-state index is 14.0. The Labute approximate surface area is 232 Å². The molecular weight excluding hydrogens is 493 g/mol. The summed E-state index contributed by atoms with van der Waals surface area (Å²) in [5.74, 6) is 2.32. The van der Waals surface area contributed by atoms with E-state index in [1.165, 1.54) is 32.1 Å². The second-order valence-electron chi connectivity index (χ2n) is 15.3. The second kappa shape index (κ2) is 10.2. The lowest BCUT2D eigenvalue weighted by Crippen LogP contribution is -2.48. The quantitative estimate of drug-likeness (QED) is 0.311. The Kier molecular flexibility index (Phi) is 8.19. The molecule has 3 nitrogen and oxygen atoms in total. The van der Waals surface area contributed by atoms with E-state index in [1.807, 2.05) is 25.6 Å². The first-order valence-corrected chi connectivity index (χ1v) is 18.9. The van der Waals surface area contributed by atoms with Gasteiger partial charge in [-0.15, -0.1) is 0 Å². The van der Waals surface area contributed by atoms with Crippen molar-refractivity contribution in [3.8, 4) is 0 Å². The van der Waals surface area contributed by atoms with E-state index in [-0.39, 0.29) is 21.6 Å². The summed E-state index contributed by atoms with van der Waals surface area (Å²) in [7, 11) is -1.94. The Bertz CT molecular complexity index is 939. The molecule has 37 heavy (non-hydrogen) atoms. The minimum Gasteiger partial charge on any atom is -0.416 e. The van der Waals surface area contributed by atoms with E-state index in [0.29, 0.717) is 36.1 Å². The summed E-state index contributed by atoms with van der Waals surface area (Å²) in [5, 5.41) is 10.7. The summed E-state index contributed by atoms with van der Waals surface area (Å²) in [6.07, 6.45) is 13.9. The molecule has 0 radical (unpaired) electrons. The van der Waals surface area contributed by atoms with Crippen LogP contribution < -0.4 is 0 Å². The van der Waals surface area contributed by atoms with Crippen molar-refractivity contribution in [1.82, 2.24) is 0 Å². The Morgan fingerprint density at radius 2 is 1.81 bits per heavy atom. The smallest absolute Gasteiger partial charge is 0.192 e. The average molecular weight is 547 g/mol. The molecule has 0 unspecified atom stereocenters. The molecule has 0 heterocycles. The van der Waals surface area contributed by atoms with Crippen molar-refractivity contribution in [1.29, 1.82) is 0 Å². The van der Waals surface area contributed by atoms with Gasteiger partial charge in [0.1, 0.15) is 5.78 Å². The van der Waals surface area contributed by atoms with Crippen LogP contribution in [0.3, 0.4) is 0 Å². The molecular formula is C32H54O3SSi. The fourth-order valence-electron chi connectivity index (χ4n) is 7.72. The number of fused-ring (bicyclic) bond motifs is 5. The maximum atomic E-state index is 14.0. The highest BCUT2D eigenvalue weighted by Gasteiger charge is 2.60. The third-order valence-electron chi connectivity index (χ3n) is 11.2. The molecule has 1 N–H and O–H groups in total. The molecule has 4 aliphatic carbocycles. The SMILES string of the molecule is CC(C)(O)CCS[C@@H](CO[Si](C)(C)C(C)(C)C)[C@H]1C(=O)C[C@H]2C3=CC=C4CCCC[C@]4(C)[C@H]3CC[C@]12C. The molecule has 0 aliphatic heterocycles. The van der Waals surface area contributed by atoms with Gasteiger partial charge in [0.15, 0.2) is 8.32 Å². The van der Waals surface area contributed by atoms with Gasteiger partial charge in [0.2, 0.25) is 0 Å². The maximum Gasteiger partial charge on any atom is 0.192 e. The standard InChI is InChI=1S/C32H54O3SSi/c1-29(2,3)37(8,9)35-21-27(36-19-18-30(4,5)34)28-26(33)20-25-23-14-13-22-12-10-11-16-31(22,6)24(23)15-17-32(25,28)7/h13-14,24-25,27-28,34H,10-12,15-21H2,1-9H3/t24-,25-,27-,28+,31-,32-/m0/s1. The van der Waals surface area contributed by atoms with Crippen LogP contribution in [-0.2, 0) is 9.22 Å². The second-order valence-corrected chi connectivity index (χ2v) is 21.5. The van der Waals surface area contributed by atoms with Gasteiger partial charge in [0.25, 0.3) is 0 Å². The summed E-state index contributed by atoms with van der Waals surface area (Å²) in [5.41, 5.74) is 2.87. The molecule has 6 atom stereocenters. The van der Waals surface area contributed by atoms with Gasteiger partial charge in [-0.1, -0.05) is 64.3 Å². The molecule has 3 saturated carbocycles. The van der Waals surface area contributed by atoms with Gasteiger partial charge in [0.05, 0.1) is 5.60 Å².